The molecule has 2 N–H and O–H groups in total. The zero-order valence-electron chi connectivity index (χ0n) is 11.4. The summed E-state index contributed by atoms with van der Waals surface area (Å²) >= 11 is 0. The van der Waals surface area contributed by atoms with Gasteiger partial charge in [-0.25, -0.2) is 0 Å². The van der Waals surface area contributed by atoms with Crippen LogP contribution in [0.25, 0.3) is 0 Å². The number of nitrogens with two attached hydrogens (primary N) is 1. The first-order valence-electron chi connectivity index (χ1n) is 6.49. The van der Waals surface area contributed by atoms with Gasteiger partial charge in [0, 0.05) is 18.0 Å². The zero-order chi connectivity index (χ0) is 13.1. The smallest absolute Gasteiger partial charge is 0.108 e. The summed E-state index contributed by atoms with van der Waals surface area (Å²) in [6.45, 7) is 6.34. The Hall–Kier alpha value is -1.54. The number of rotatable bonds is 4. The molecule has 1 atom stereocenters. The Bertz CT molecular complexity index is 528. The Kier molecular flexibility index (Phi) is 3.87. The Labute approximate surface area is 109 Å². The minimum absolute atomic E-state index is 0.0131. The van der Waals surface area contributed by atoms with E-state index in [2.05, 4.69) is 39.0 Å². The van der Waals surface area contributed by atoms with Crippen LogP contribution in [-0.2, 0) is 12.8 Å². The second-order valence-electron chi connectivity index (χ2n) is 4.89. The van der Waals surface area contributed by atoms with Crippen molar-refractivity contribution in [3.8, 4) is 0 Å². The minimum atomic E-state index is 0.0131. The minimum Gasteiger partial charge on any atom is -0.469 e. The lowest BCUT2D eigenvalue weighted by atomic mass is 9.95. The molecular formula is C16H21NO. The summed E-state index contributed by atoms with van der Waals surface area (Å²) in [7, 11) is 0. The van der Waals surface area contributed by atoms with Crippen molar-refractivity contribution in [1.29, 1.82) is 0 Å². The second-order valence-corrected chi connectivity index (χ2v) is 4.89. The van der Waals surface area contributed by atoms with Crippen LogP contribution in [0, 0.1) is 13.8 Å². The van der Waals surface area contributed by atoms with Crippen molar-refractivity contribution in [1.82, 2.24) is 0 Å². The quantitative estimate of drug-likeness (QED) is 0.889. The van der Waals surface area contributed by atoms with Crippen molar-refractivity contribution in [3.05, 3.63) is 58.5 Å². The highest BCUT2D eigenvalue weighted by Crippen LogP contribution is 2.23. The van der Waals surface area contributed by atoms with Crippen LogP contribution in [0.15, 0.2) is 34.9 Å². The highest BCUT2D eigenvalue weighted by molar-refractivity contribution is 5.33. The molecule has 0 aliphatic rings. The molecule has 2 rings (SSSR count). The molecule has 0 saturated heterocycles. The molecule has 1 heterocycles. The van der Waals surface area contributed by atoms with Crippen LogP contribution in [0.1, 0.15) is 41.0 Å². The van der Waals surface area contributed by atoms with Gasteiger partial charge in [0.2, 0.25) is 0 Å². The summed E-state index contributed by atoms with van der Waals surface area (Å²) in [6.07, 6.45) is 3.49. The van der Waals surface area contributed by atoms with Crippen LogP contribution in [-0.4, -0.2) is 0 Å². The fourth-order valence-electron chi connectivity index (χ4n) is 2.34. The van der Waals surface area contributed by atoms with Crippen molar-refractivity contribution in [2.45, 2.75) is 39.7 Å². The molecule has 0 radical (unpaired) electrons. The van der Waals surface area contributed by atoms with E-state index < -0.39 is 0 Å². The normalized spacial score (nSPS) is 12.7. The van der Waals surface area contributed by atoms with Gasteiger partial charge in [0.05, 0.1) is 6.26 Å². The van der Waals surface area contributed by atoms with Crippen molar-refractivity contribution < 1.29 is 4.42 Å². The fourth-order valence-corrected chi connectivity index (χ4v) is 2.34. The van der Waals surface area contributed by atoms with Crippen LogP contribution in [0.3, 0.4) is 0 Å². The molecule has 1 unspecified atom stereocenters. The average Bonchev–Trinajstić information content (AvgIpc) is 2.82. The molecule has 2 nitrogen and oxygen atoms in total. The monoisotopic (exact) mass is 243 g/mol. The van der Waals surface area contributed by atoms with E-state index in [9.17, 15) is 0 Å². The third kappa shape index (κ3) is 2.65. The first-order chi connectivity index (χ1) is 8.61. The highest BCUT2D eigenvalue weighted by atomic mass is 16.3. The number of hydrogen-bond acceptors (Lipinski definition) is 2. The molecular weight excluding hydrogens is 222 g/mol. The number of benzene rings is 1. The van der Waals surface area contributed by atoms with Gasteiger partial charge in [-0.1, -0.05) is 30.7 Å². The molecule has 18 heavy (non-hydrogen) atoms. The molecule has 0 bridgehead atoms. The van der Waals surface area contributed by atoms with Crippen molar-refractivity contribution in [2.75, 3.05) is 0 Å². The molecule has 1 aromatic carbocycles. The van der Waals surface area contributed by atoms with Gasteiger partial charge in [-0.05, 0) is 37.5 Å². The van der Waals surface area contributed by atoms with Gasteiger partial charge in [-0.2, -0.15) is 0 Å². The van der Waals surface area contributed by atoms with Crippen LogP contribution in [0.5, 0.6) is 0 Å². The van der Waals surface area contributed by atoms with Crippen LogP contribution >= 0.6 is 0 Å². The molecule has 2 aromatic rings. The highest BCUT2D eigenvalue weighted by Gasteiger charge is 2.14. The van der Waals surface area contributed by atoms with E-state index in [1.54, 1.807) is 6.26 Å². The standard InChI is InChI=1S/C16H21NO/c1-4-16-14(7-8-18-16)15(17)10-13-9-11(2)5-6-12(13)3/h5-9,15H,4,10,17H2,1-3H3. The lowest BCUT2D eigenvalue weighted by Gasteiger charge is -2.14. The molecule has 1 aromatic heterocycles. The topological polar surface area (TPSA) is 39.2 Å². The molecule has 96 valence electrons. The Morgan fingerprint density at radius 2 is 2.00 bits per heavy atom. The van der Waals surface area contributed by atoms with Gasteiger partial charge in [0.1, 0.15) is 5.76 Å². The predicted molar refractivity (Wildman–Crippen MR) is 74.6 cm³/mol. The Morgan fingerprint density at radius 1 is 1.22 bits per heavy atom. The van der Waals surface area contributed by atoms with Gasteiger partial charge in [0.25, 0.3) is 0 Å². The van der Waals surface area contributed by atoms with Gasteiger partial charge in [-0.3, -0.25) is 0 Å². The SMILES string of the molecule is CCc1occc1C(N)Cc1cc(C)ccc1C. The summed E-state index contributed by atoms with van der Waals surface area (Å²) in [5.41, 5.74) is 11.4. The largest absolute Gasteiger partial charge is 0.469 e. The molecule has 0 saturated carbocycles. The fraction of sp³-hybridized carbons (Fsp3) is 0.375. The summed E-state index contributed by atoms with van der Waals surface area (Å²) in [4.78, 5) is 0. The third-order valence-corrected chi connectivity index (χ3v) is 3.44. The van der Waals surface area contributed by atoms with E-state index in [-0.39, 0.29) is 6.04 Å². The molecule has 0 aliphatic carbocycles. The summed E-state index contributed by atoms with van der Waals surface area (Å²) < 4.78 is 5.45. The molecule has 0 aliphatic heterocycles. The average molecular weight is 243 g/mol. The van der Waals surface area contributed by atoms with E-state index in [0.29, 0.717) is 0 Å². The van der Waals surface area contributed by atoms with Crippen LogP contribution in [0.2, 0.25) is 0 Å². The maximum atomic E-state index is 6.31. The number of aryl methyl sites for hydroxylation is 3. The molecule has 0 fully saturated rings. The van der Waals surface area contributed by atoms with Gasteiger partial charge in [-0.15, -0.1) is 0 Å². The van der Waals surface area contributed by atoms with Crippen molar-refractivity contribution in [3.63, 3.8) is 0 Å². The first kappa shape index (κ1) is 12.9. The summed E-state index contributed by atoms with van der Waals surface area (Å²) in [5, 5.41) is 0. The van der Waals surface area contributed by atoms with E-state index in [1.807, 2.05) is 6.07 Å². The van der Waals surface area contributed by atoms with Crippen LogP contribution < -0.4 is 5.73 Å². The zero-order valence-corrected chi connectivity index (χ0v) is 11.4. The summed E-state index contributed by atoms with van der Waals surface area (Å²) in [6, 6.07) is 8.53. The predicted octanol–water partition coefficient (Wildman–Crippen LogP) is 3.70. The second kappa shape index (κ2) is 5.40. The molecule has 0 amide bonds. The van der Waals surface area contributed by atoms with E-state index in [4.69, 9.17) is 10.2 Å². The Balaban J connectivity index is 2.21. The maximum Gasteiger partial charge on any atom is 0.108 e. The Morgan fingerprint density at radius 3 is 2.72 bits per heavy atom. The number of hydrogen-bond donors (Lipinski definition) is 1. The van der Waals surface area contributed by atoms with Gasteiger partial charge in [0.15, 0.2) is 0 Å². The van der Waals surface area contributed by atoms with E-state index >= 15 is 0 Å². The van der Waals surface area contributed by atoms with Gasteiger partial charge < -0.3 is 10.2 Å². The van der Waals surface area contributed by atoms with E-state index in [1.165, 1.54) is 16.7 Å². The molecule has 0 spiro atoms. The lowest BCUT2D eigenvalue weighted by molar-refractivity contribution is 0.505. The third-order valence-electron chi connectivity index (χ3n) is 3.44. The maximum absolute atomic E-state index is 6.31. The summed E-state index contributed by atoms with van der Waals surface area (Å²) in [5.74, 6) is 1.01. The first-order valence-corrected chi connectivity index (χ1v) is 6.49. The lowest BCUT2D eigenvalue weighted by Crippen LogP contribution is -2.14. The van der Waals surface area contributed by atoms with E-state index in [0.717, 1.165) is 24.2 Å². The number of furan rings is 1. The molecule has 2 heteroatoms. The van der Waals surface area contributed by atoms with Crippen LogP contribution in [0.4, 0.5) is 0 Å². The van der Waals surface area contributed by atoms with Gasteiger partial charge >= 0.3 is 0 Å². The van der Waals surface area contributed by atoms with Crippen molar-refractivity contribution in [2.24, 2.45) is 5.73 Å². The van der Waals surface area contributed by atoms with Crippen molar-refractivity contribution >= 4 is 0 Å².